The normalized spacial score (nSPS) is 12.9. The second kappa shape index (κ2) is 6.90. The summed E-state index contributed by atoms with van der Waals surface area (Å²) >= 11 is 0. The van der Waals surface area contributed by atoms with Crippen LogP contribution in [-0.2, 0) is 23.4 Å². The third kappa shape index (κ3) is 4.88. The summed E-state index contributed by atoms with van der Waals surface area (Å²) in [5, 5.41) is 2.68. The lowest BCUT2D eigenvalue weighted by Crippen LogP contribution is -2.17. The number of rotatable bonds is 5. The smallest absolute Gasteiger partial charge is 0.368 e. The van der Waals surface area contributed by atoms with E-state index < -0.39 is 28.7 Å². The zero-order valence-corrected chi connectivity index (χ0v) is 12.9. The summed E-state index contributed by atoms with van der Waals surface area (Å²) < 4.78 is 49.0. The number of anilines is 2. The number of nitrogen functional groups attached to an aromatic ring is 1. The Morgan fingerprint density at radius 3 is 2.39 bits per heavy atom. The lowest BCUT2D eigenvalue weighted by molar-refractivity contribution is -0.144. The molecule has 0 aliphatic rings. The van der Waals surface area contributed by atoms with Crippen LogP contribution in [0.15, 0.2) is 29.2 Å². The van der Waals surface area contributed by atoms with Crippen molar-refractivity contribution < 1.29 is 17.4 Å². The molecule has 0 spiro atoms. The minimum absolute atomic E-state index is 0.226. The van der Waals surface area contributed by atoms with E-state index >= 15 is 0 Å². The molecule has 2 rings (SSSR count). The van der Waals surface area contributed by atoms with Crippen LogP contribution < -0.4 is 11.1 Å². The molecule has 0 bridgehead atoms. The van der Waals surface area contributed by atoms with E-state index in [2.05, 4.69) is 20.3 Å². The van der Waals surface area contributed by atoms with Crippen molar-refractivity contribution in [2.75, 3.05) is 23.9 Å². The van der Waals surface area contributed by atoms with E-state index in [-0.39, 0.29) is 5.95 Å². The fourth-order valence-electron chi connectivity index (χ4n) is 1.76. The second-order valence-electron chi connectivity index (χ2n) is 4.61. The third-order valence-electron chi connectivity index (χ3n) is 2.86. The van der Waals surface area contributed by atoms with Gasteiger partial charge in [-0.2, -0.15) is 28.1 Å². The van der Waals surface area contributed by atoms with Gasteiger partial charge in [0.1, 0.15) is 0 Å². The first-order chi connectivity index (χ1) is 10.8. The molecule has 1 aromatic heterocycles. The van der Waals surface area contributed by atoms with Crippen LogP contribution in [0.4, 0.5) is 25.1 Å². The molecular formula is C13H14F3N5OS. The van der Waals surface area contributed by atoms with Gasteiger partial charge in [0.05, 0.1) is 0 Å². The van der Waals surface area contributed by atoms with Crippen LogP contribution >= 0.6 is 0 Å². The largest absolute Gasteiger partial charge is 0.451 e. The molecule has 6 nitrogen and oxygen atoms in total. The van der Waals surface area contributed by atoms with E-state index in [0.29, 0.717) is 17.9 Å². The van der Waals surface area contributed by atoms with Gasteiger partial charge in [-0.1, -0.05) is 12.1 Å². The van der Waals surface area contributed by atoms with Crippen molar-refractivity contribution in [1.82, 2.24) is 15.0 Å². The highest BCUT2D eigenvalue weighted by atomic mass is 32.2. The van der Waals surface area contributed by atoms with Gasteiger partial charge in [-0.05, 0) is 24.1 Å². The molecule has 3 N–H and O–H groups in total. The minimum Gasteiger partial charge on any atom is -0.368 e. The molecule has 0 aliphatic carbocycles. The zero-order chi connectivity index (χ0) is 17.0. The Bertz CT molecular complexity index is 706. The van der Waals surface area contributed by atoms with Gasteiger partial charge in [0, 0.05) is 28.5 Å². The molecule has 1 aromatic carbocycles. The van der Waals surface area contributed by atoms with Crippen LogP contribution in [0.3, 0.4) is 0 Å². The van der Waals surface area contributed by atoms with E-state index in [9.17, 15) is 17.4 Å². The molecule has 0 amide bonds. The Hall–Kier alpha value is -2.23. The van der Waals surface area contributed by atoms with E-state index in [0.717, 1.165) is 5.56 Å². The average molecular weight is 345 g/mol. The van der Waals surface area contributed by atoms with Gasteiger partial charge >= 0.3 is 6.18 Å². The summed E-state index contributed by atoms with van der Waals surface area (Å²) in [6.45, 7) is 0.315. The highest BCUT2D eigenvalue weighted by Crippen LogP contribution is 2.26. The van der Waals surface area contributed by atoms with Gasteiger partial charge in [0.2, 0.25) is 17.7 Å². The van der Waals surface area contributed by atoms with Crippen LogP contribution in [0.2, 0.25) is 0 Å². The number of benzene rings is 1. The molecule has 1 atom stereocenters. The van der Waals surface area contributed by atoms with E-state index in [4.69, 9.17) is 5.73 Å². The standard InChI is InChI=1S/C13H14F3N5OS/c1-23(22)9-4-2-8(3-5-9)6-7-18-12-20-10(13(14,15)16)19-11(17)21-12/h2-5H,6-7H2,1H3,(H3,17,18,19,20,21). The fourth-order valence-corrected chi connectivity index (χ4v) is 2.28. The maximum absolute atomic E-state index is 12.6. The van der Waals surface area contributed by atoms with Crippen molar-refractivity contribution in [2.24, 2.45) is 0 Å². The number of halogens is 3. The van der Waals surface area contributed by atoms with Crippen LogP contribution in [0.25, 0.3) is 0 Å². The van der Waals surface area contributed by atoms with Crippen molar-refractivity contribution in [1.29, 1.82) is 0 Å². The summed E-state index contributed by atoms with van der Waals surface area (Å²) in [4.78, 5) is 10.7. The number of aromatic nitrogens is 3. The Morgan fingerprint density at radius 2 is 1.83 bits per heavy atom. The molecule has 1 unspecified atom stereocenters. The first-order valence-corrected chi connectivity index (χ1v) is 8.06. The minimum atomic E-state index is -4.68. The van der Waals surface area contributed by atoms with Crippen molar-refractivity contribution >= 4 is 22.7 Å². The number of hydrogen-bond acceptors (Lipinski definition) is 6. The van der Waals surface area contributed by atoms with Gasteiger partial charge in [-0.3, -0.25) is 4.21 Å². The highest BCUT2D eigenvalue weighted by Gasteiger charge is 2.35. The third-order valence-corrected chi connectivity index (χ3v) is 3.79. The molecule has 10 heteroatoms. The predicted molar refractivity (Wildman–Crippen MR) is 80.2 cm³/mol. The summed E-state index contributed by atoms with van der Waals surface area (Å²) in [7, 11) is -1.05. The van der Waals surface area contributed by atoms with Gasteiger partial charge < -0.3 is 11.1 Å². The Balaban J connectivity index is 1.98. The Kier molecular flexibility index (Phi) is 5.14. The second-order valence-corrected chi connectivity index (χ2v) is 5.99. The molecule has 0 saturated carbocycles. The van der Waals surface area contributed by atoms with Gasteiger partial charge in [-0.25, -0.2) is 0 Å². The van der Waals surface area contributed by atoms with E-state index in [1.807, 2.05) is 0 Å². The monoisotopic (exact) mass is 345 g/mol. The molecule has 0 radical (unpaired) electrons. The van der Waals surface area contributed by atoms with Crippen LogP contribution in [0, 0.1) is 0 Å². The number of nitrogens with two attached hydrogens (primary N) is 1. The lowest BCUT2D eigenvalue weighted by atomic mass is 10.1. The fraction of sp³-hybridized carbons (Fsp3) is 0.308. The molecule has 1 heterocycles. The predicted octanol–water partition coefficient (Wildman–Crippen LogP) is 1.86. The molecule has 124 valence electrons. The topological polar surface area (TPSA) is 93.8 Å². The van der Waals surface area contributed by atoms with Crippen molar-refractivity contribution in [3.8, 4) is 0 Å². The summed E-state index contributed by atoms with van der Waals surface area (Å²) in [5.74, 6) is -2.05. The van der Waals surface area contributed by atoms with Gasteiger partial charge in [-0.15, -0.1) is 0 Å². The van der Waals surface area contributed by atoms with Crippen LogP contribution in [-0.4, -0.2) is 32.0 Å². The number of alkyl halides is 3. The van der Waals surface area contributed by atoms with Crippen molar-refractivity contribution in [3.05, 3.63) is 35.7 Å². The average Bonchev–Trinajstić information content (AvgIpc) is 2.46. The quantitative estimate of drug-likeness (QED) is 0.859. The highest BCUT2D eigenvalue weighted by molar-refractivity contribution is 7.84. The summed E-state index contributed by atoms with van der Waals surface area (Å²) in [5.41, 5.74) is 6.19. The van der Waals surface area contributed by atoms with Crippen molar-refractivity contribution in [3.63, 3.8) is 0 Å². The van der Waals surface area contributed by atoms with E-state index in [1.54, 1.807) is 30.5 Å². The molecule has 2 aromatic rings. The SMILES string of the molecule is CS(=O)c1ccc(CCNc2nc(N)nc(C(F)(F)F)n2)cc1. The molecule has 0 saturated heterocycles. The van der Waals surface area contributed by atoms with Crippen LogP contribution in [0.1, 0.15) is 11.4 Å². The molecule has 0 fully saturated rings. The zero-order valence-electron chi connectivity index (χ0n) is 12.1. The number of nitrogens with zero attached hydrogens (tertiary/aromatic N) is 3. The maximum atomic E-state index is 12.6. The van der Waals surface area contributed by atoms with Gasteiger partial charge in [0.15, 0.2) is 0 Å². The summed E-state index contributed by atoms with van der Waals surface area (Å²) in [6.07, 6.45) is -2.57. The molecule has 23 heavy (non-hydrogen) atoms. The molecular weight excluding hydrogens is 331 g/mol. The van der Waals surface area contributed by atoms with Crippen molar-refractivity contribution in [2.45, 2.75) is 17.5 Å². The number of nitrogens with one attached hydrogen (secondary N) is 1. The summed E-state index contributed by atoms with van der Waals surface area (Å²) in [6, 6.07) is 7.10. The van der Waals surface area contributed by atoms with E-state index in [1.165, 1.54) is 0 Å². The first kappa shape index (κ1) is 17.1. The Morgan fingerprint density at radius 1 is 1.17 bits per heavy atom. The van der Waals surface area contributed by atoms with Gasteiger partial charge in [0.25, 0.3) is 0 Å². The van der Waals surface area contributed by atoms with Crippen LogP contribution in [0.5, 0.6) is 0 Å². The maximum Gasteiger partial charge on any atom is 0.451 e. The molecule has 0 aliphatic heterocycles. The number of hydrogen-bond donors (Lipinski definition) is 2. The Labute approximate surface area is 132 Å². The first-order valence-electron chi connectivity index (χ1n) is 6.50. The lowest BCUT2D eigenvalue weighted by Gasteiger charge is -2.09.